The third-order valence-electron chi connectivity index (χ3n) is 7.65. The summed E-state index contributed by atoms with van der Waals surface area (Å²) in [6.07, 6.45) is 0. The minimum Gasteiger partial charge on any atom is -0.292 e. The van der Waals surface area contributed by atoms with E-state index in [2.05, 4.69) is 92.9 Å². The average Bonchev–Trinajstić information content (AvgIpc) is 3.52. The molecule has 3 aromatic heterocycles. The van der Waals surface area contributed by atoms with Gasteiger partial charge in [0.15, 0.2) is 0 Å². The van der Waals surface area contributed by atoms with Crippen LogP contribution in [0, 0.1) is 6.85 Å². The van der Waals surface area contributed by atoms with E-state index in [0.717, 1.165) is 53.6 Å². The van der Waals surface area contributed by atoms with Gasteiger partial charge < -0.3 is 0 Å². The van der Waals surface area contributed by atoms with Crippen LogP contribution in [0.15, 0.2) is 84.9 Å². The van der Waals surface area contributed by atoms with Crippen LogP contribution in [0.3, 0.4) is 0 Å². The van der Waals surface area contributed by atoms with Crippen molar-refractivity contribution in [2.45, 2.75) is 46.4 Å². The summed E-state index contributed by atoms with van der Waals surface area (Å²) in [5.74, 6) is 1.59. The molecule has 7 rings (SSSR count). The van der Waals surface area contributed by atoms with E-state index in [1.807, 2.05) is 12.1 Å². The highest BCUT2D eigenvalue weighted by Gasteiger charge is 2.23. The number of nitrogens with zero attached hydrogens (tertiary/aromatic N) is 3. The zero-order valence-corrected chi connectivity index (χ0v) is 23.3. The molecule has 0 saturated heterocycles. The van der Waals surface area contributed by atoms with Crippen molar-refractivity contribution in [3.8, 4) is 17.1 Å². The summed E-state index contributed by atoms with van der Waals surface area (Å²) in [4.78, 5) is 11.2. The van der Waals surface area contributed by atoms with Crippen molar-refractivity contribution in [2.24, 2.45) is 0 Å². The Labute approximate surface area is 237 Å². The third kappa shape index (κ3) is 3.77. The number of para-hydroxylation sites is 3. The summed E-state index contributed by atoms with van der Waals surface area (Å²) >= 11 is 1.67. The summed E-state index contributed by atoms with van der Waals surface area (Å²) < 4.78 is 27.1. The Morgan fingerprint density at radius 1 is 0.744 bits per heavy atom. The molecule has 0 amide bonds. The van der Waals surface area contributed by atoms with Gasteiger partial charge in [-0.1, -0.05) is 81.8 Å². The van der Waals surface area contributed by atoms with Crippen LogP contribution in [-0.2, 0) is 0 Å². The van der Waals surface area contributed by atoms with Crippen LogP contribution in [0.4, 0.5) is 0 Å². The summed E-state index contributed by atoms with van der Waals surface area (Å²) in [6.45, 7) is 6.85. The maximum Gasteiger partial charge on any atom is 0.147 e. The topological polar surface area (TPSA) is 30.7 Å². The molecule has 4 aromatic carbocycles. The van der Waals surface area contributed by atoms with E-state index < -0.39 is 6.85 Å². The van der Waals surface area contributed by atoms with Crippen LogP contribution < -0.4 is 0 Å². The molecule has 0 atom stereocenters. The maximum atomic E-state index is 7.86. The molecule has 0 aliphatic heterocycles. The van der Waals surface area contributed by atoms with E-state index in [1.54, 1.807) is 23.5 Å². The van der Waals surface area contributed by atoms with Gasteiger partial charge in [0.2, 0.25) is 0 Å². The molecular formula is C35H31N3S. The van der Waals surface area contributed by atoms with Gasteiger partial charge in [-0.2, -0.15) is 0 Å². The number of rotatable bonds is 4. The van der Waals surface area contributed by atoms with Crippen molar-refractivity contribution in [1.29, 1.82) is 0 Å². The van der Waals surface area contributed by atoms with Crippen molar-refractivity contribution >= 4 is 53.6 Å². The van der Waals surface area contributed by atoms with Crippen LogP contribution in [0.2, 0.25) is 0 Å². The Bertz CT molecular complexity index is 2130. The largest absolute Gasteiger partial charge is 0.292 e. The van der Waals surface area contributed by atoms with Gasteiger partial charge in [0, 0.05) is 30.5 Å². The highest BCUT2D eigenvalue weighted by atomic mass is 32.1. The number of aromatic nitrogens is 3. The highest BCUT2D eigenvalue weighted by molar-refractivity contribution is 7.26. The first kappa shape index (κ1) is 20.9. The van der Waals surface area contributed by atoms with E-state index >= 15 is 0 Å². The number of thiophene rings is 1. The minimum absolute atomic E-state index is 0.329. The lowest BCUT2D eigenvalue weighted by molar-refractivity contribution is 0.811. The van der Waals surface area contributed by atoms with E-state index in [1.165, 1.54) is 16.8 Å². The summed E-state index contributed by atoms with van der Waals surface area (Å²) in [6, 6.07) is 28.7. The molecule has 7 aromatic rings. The Balaban J connectivity index is 1.55. The first-order valence-corrected chi connectivity index (χ1v) is 14.3. The van der Waals surface area contributed by atoms with Crippen LogP contribution in [0.5, 0.6) is 0 Å². The zero-order chi connectivity index (χ0) is 29.3. The number of pyridine rings is 1. The fourth-order valence-electron chi connectivity index (χ4n) is 5.76. The standard InChI is InChI=1S/C35H31N3S/c1-20(2)24-10-8-11-25(21(3)4)32(24)38-31-15-7-6-14-30(31)36-34(38)27-13-9-12-26-28-19-23-18-22(5)16-17-29(23)37-35(28)39-33(26)27/h6-21H,1-5H3/i5D3. The average molecular weight is 529 g/mol. The molecule has 3 heterocycles. The van der Waals surface area contributed by atoms with Crippen molar-refractivity contribution in [3.05, 3.63) is 102 Å². The molecule has 0 unspecified atom stereocenters. The second-order valence-corrected chi connectivity index (χ2v) is 11.9. The van der Waals surface area contributed by atoms with Gasteiger partial charge in [0.25, 0.3) is 0 Å². The first-order chi connectivity index (χ1) is 20.1. The Hall–Kier alpha value is -4.02. The molecule has 3 nitrogen and oxygen atoms in total. The quantitative estimate of drug-likeness (QED) is 0.227. The molecular weight excluding hydrogens is 494 g/mol. The van der Waals surface area contributed by atoms with Gasteiger partial charge in [-0.15, -0.1) is 11.3 Å². The lowest BCUT2D eigenvalue weighted by Crippen LogP contribution is -2.08. The van der Waals surface area contributed by atoms with Gasteiger partial charge in [0.05, 0.1) is 22.2 Å². The van der Waals surface area contributed by atoms with Gasteiger partial charge in [-0.25, -0.2) is 9.97 Å². The van der Waals surface area contributed by atoms with Crippen LogP contribution in [0.1, 0.15) is 60.3 Å². The summed E-state index contributed by atoms with van der Waals surface area (Å²) in [7, 11) is 0. The van der Waals surface area contributed by atoms with Crippen molar-refractivity contribution in [3.63, 3.8) is 0 Å². The molecule has 0 N–H and O–H groups in total. The fourth-order valence-corrected chi connectivity index (χ4v) is 6.94. The maximum absolute atomic E-state index is 7.86. The van der Waals surface area contributed by atoms with Gasteiger partial charge in [-0.3, -0.25) is 4.57 Å². The van der Waals surface area contributed by atoms with Crippen molar-refractivity contribution in [2.75, 3.05) is 0 Å². The van der Waals surface area contributed by atoms with E-state index in [9.17, 15) is 0 Å². The lowest BCUT2D eigenvalue weighted by atomic mass is 9.92. The summed E-state index contributed by atoms with van der Waals surface area (Å²) in [5, 5.41) is 2.96. The Morgan fingerprint density at radius 2 is 1.51 bits per heavy atom. The van der Waals surface area contributed by atoms with Crippen LogP contribution >= 0.6 is 11.3 Å². The molecule has 0 fully saturated rings. The van der Waals surface area contributed by atoms with E-state index in [0.29, 0.717) is 17.4 Å². The SMILES string of the molecule is [2H]C([2H])([2H])c1ccc2nc3sc4c(-c5nc6ccccc6n5-c5c(C(C)C)cccc5C(C)C)cccc4c3cc2c1. The monoisotopic (exact) mass is 528 g/mol. The molecule has 0 saturated carbocycles. The number of fused-ring (bicyclic) bond motifs is 5. The smallest absolute Gasteiger partial charge is 0.147 e. The summed E-state index contributed by atoms with van der Waals surface area (Å²) in [5.41, 5.74) is 8.04. The molecule has 4 heteroatoms. The second kappa shape index (κ2) is 9.03. The number of hydrogen-bond acceptors (Lipinski definition) is 3. The minimum atomic E-state index is -2.16. The number of imidazole rings is 1. The van der Waals surface area contributed by atoms with Crippen LogP contribution in [0.25, 0.3) is 59.3 Å². The van der Waals surface area contributed by atoms with Gasteiger partial charge in [0.1, 0.15) is 10.7 Å². The predicted molar refractivity (Wildman–Crippen MR) is 168 cm³/mol. The normalized spacial score (nSPS) is 13.6. The molecule has 0 radical (unpaired) electrons. The highest BCUT2D eigenvalue weighted by Crippen LogP contribution is 2.43. The predicted octanol–water partition coefficient (Wildman–Crippen LogP) is 10.2. The van der Waals surface area contributed by atoms with Crippen LogP contribution in [-0.4, -0.2) is 14.5 Å². The molecule has 0 bridgehead atoms. The molecule has 39 heavy (non-hydrogen) atoms. The number of hydrogen-bond donors (Lipinski definition) is 0. The Kier molecular flexibility index (Phi) is 4.83. The Morgan fingerprint density at radius 3 is 2.28 bits per heavy atom. The van der Waals surface area contributed by atoms with Gasteiger partial charge in [-0.05, 0) is 66.2 Å². The molecule has 0 spiro atoms. The second-order valence-electron chi connectivity index (χ2n) is 10.9. The van der Waals surface area contributed by atoms with Gasteiger partial charge >= 0.3 is 0 Å². The van der Waals surface area contributed by atoms with E-state index in [-0.39, 0.29) is 0 Å². The third-order valence-corrected chi connectivity index (χ3v) is 8.80. The van der Waals surface area contributed by atoms with E-state index in [4.69, 9.17) is 14.1 Å². The van der Waals surface area contributed by atoms with Crippen molar-refractivity contribution in [1.82, 2.24) is 14.5 Å². The molecule has 0 aliphatic carbocycles. The zero-order valence-electron chi connectivity index (χ0n) is 25.5. The van der Waals surface area contributed by atoms with Crippen molar-refractivity contribution < 1.29 is 4.11 Å². The number of aryl methyl sites for hydroxylation is 1. The molecule has 0 aliphatic rings. The number of benzene rings is 4. The fraction of sp³-hybridized carbons (Fsp3) is 0.200. The molecule has 192 valence electrons. The lowest BCUT2D eigenvalue weighted by Gasteiger charge is -2.22. The first-order valence-electron chi connectivity index (χ1n) is 15.0.